The normalized spacial score (nSPS) is 11.8. The molecule has 5 heteroatoms. The van der Waals surface area contributed by atoms with E-state index in [1.807, 2.05) is 31.2 Å². The Kier molecular flexibility index (Phi) is 4.54. The van der Waals surface area contributed by atoms with Gasteiger partial charge in [-0.25, -0.2) is 4.98 Å². The van der Waals surface area contributed by atoms with E-state index in [1.165, 1.54) is 6.33 Å². The molecule has 1 atom stereocenters. The van der Waals surface area contributed by atoms with E-state index in [0.717, 1.165) is 17.1 Å². The summed E-state index contributed by atoms with van der Waals surface area (Å²) >= 11 is 0. The second-order valence-corrected chi connectivity index (χ2v) is 4.07. The molecule has 0 saturated heterocycles. The Morgan fingerprint density at radius 1 is 1.47 bits per heavy atom. The van der Waals surface area contributed by atoms with Gasteiger partial charge in [0.15, 0.2) is 0 Å². The number of hydrogen-bond acceptors (Lipinski definition) is 4. The van der Waals surface area contributed by atoms with Crippen LogP contribution in [0.2, 0.25) is 0 Å². The van der Waals surface area contributed by atoms with Crippen LogP contribution in [-0.4, -0.2) is 21.8 Å². The highest BCUT2D eigenvalue weighted by Gasteiger charge is 2.09. The van der Waals surface area contributed by atoms with E-state index in [2.05, 4.69) is 26.4 Å². The van der Waals surface area contributed by atoms with Crippen LogP contribution in [0.3, 0.4) is 0 Å². The van der Waals surface area contributed by atoms with Crippen molar-refractivity contribution in [3.63, 3.8) is 0 Å². The molecule has 0 aliphatic heterocycles. The van der Waals surface area contributed by atoms with Crippen LogP contribution < -0.4 is 10.1 Å². The fraction of sp³-hybridized carbons (Fsp3) is 0.286. The zero-order chi connectivity index (χ0) is 13.5. The molecule has 98 valence electrons. The van der Waals surface area contributed by atoms with E-state index in [4.69, 9.17) is 11.2 Å². The van der Waals surface area contributed by atoms with Crippen molar-refractivity contribution in [3.8, 4) is 18.1 Å². The van der Waals surface area contributed by atoms with E-state index in [9.17, 15) is 0 Å². The van der Waals surface area contributed by atoms with Crippen molar-refractivity contribution in [2.75, 3.05) is 6.61 Å². The Morgan fingerprint density at radius 3 is 3.05 bits per heavy atom. The molecular formula is C14H16N4O. The van der Waals surface area contributed by atoms with Crippen molar-refractivity contribution in [2.24, 2.45) is 0 Å². The van der Waals surface area contributed by atoms with Crippen molar-refractivity contribution in [1.82, 2.24) is 20.5 Å². The van der Waals surface area contributed by atoms with Gasteiger partial charge in [0.1, 0.15) is 24.5 Å². The van der Waals surface area contributed by atoms with E-state index in [-0.39, 0.29) is 12.6 Å². The minimum Gasteiger partial charge on any atom is -0.481 e. The van der Waals surface area contributed by atoms with Gasteiger partial charge in [-0.1, -0.05) is 24.1 Å². The molecule has 2 rings (SSSR count). The van der Waals surface area contributed by atoms with Gasteiger partial charge in [0.25, 0.3) is 0 Å². The molecule has 0 aliphatic rings. The zero-order valence-electron chi connectivity index (χ0n) is 10.8. The number of rotatable bonds is 6. The summed E-state index contributed by atoms with van der Waals surface area (Å²) in [7, 11) is 0. The van der Waals surface area contributed by atoms with E-state index in [1.54, 1.807) is 0 Å². The van der Waals surface area contributed by atoms with Gasteiger partial charge in [0.2, 0.25) is 0 Å². The van der Waals surface area contributed by atoms with E-state index < -0.39 is 0 Å². The van der Waals surface area contributed by atoms with Crippen molar-refractivity contribution in [2.45, 2.75) is 19.5 Å². The first-order chi connectivity index (χ1) is 9.31. The number of ether oxygens (including phenoxy) is 1. The standard InChI is InChI=1S/C14H16N4O/c1-3-8-19-13-7-5-4-6-12(13)9-15-11(2)14-16-10-17-18-14/h1,4-7,10-11,15H,8-9H2,2H3,(H,16,17,18). The first kappa shape index (κ1) is 13.1. The van der Waals surface area contributed by atoms with Crippen LogP contribution in [0.1, 0.15) is 24.4 Å². The highest BCUT2D eigenvalue weighted by Crippen LogP contribution is 2.18. The number of terminal acetylenes is 1. The molecule has 0 spiro atoms. The van der Waals surface area contributed by atoms with Gasteiger partial charge >= 0.3 is 0 Å². The van der Waals surface area contributed by atoms with Crippen LogP contribution in [0.5, 0.6) is 5.75 Å². The summed E-state index contributed by atoms with van der Waals surface area (Å²) in [5.41, 5.74) is 1.06. The number of hydrogen-bond donors (Lipinski definition) is 2. The van der Waals surface area contributed by atoms with Gasteiger partial charge in [-0.3, -0.25) is 5.10 Å². The predicted molar refractivity (Wildman–Crippen MR) is 72.4 cm³/mol. The van der Waals surface area contributed by atoms with Crippen molar-refractivity contribution < 1.29 is 4.74 Å². The van der Waals surface area contributed by atoms with Crippen LogP contribution >= 0.6 is 0 Å². The zero-order valence-corrected chi connectivity index (χ0v) is 10.8. The number of aromatic amines is 1. The Labute approximate surface area is 112 Å². The fourth-order valence-corrected chi connectivity index (χ4v) is 1.69. The molecule has 0 aliphatic carbocycles. The molecule has 0 saturated carbocycles. The summed E-state index contributed by atoms with van der Waals surface area (Å²) in [5, 5.41) is 10.0. The lowest BCUT2D eigenvalue weighted by atomic mass is 10.2. The third-order valence-electron chi connectivity index (χ3n) is 2.73. The number of benzene rings is 1. The number of nitrogens with zero attached hydrogens (tertiary/aromatic N) is 2. The number of H-pyrrole nitrogens is 1. The first-order valence-corrected chi connectivity index (χ1v) is 6.04. The second-order valence-electron chi connectivity index (χ2n) is 4.07. The van der Waals surface area contributed by atoms with Crippen LogP contribution in [0.25, 0.3) is 0 Å². The topological polar surface area (TPSA) is 62.8 Å². The van der Waals surface area contributed by atoms with E-state index >= 15 is 0 Å². The smallest absolute Gasteiger partial charge is 0.148 e. The third kappa shape index (κ3) is 3.57. The summed E-state index contributed by atoms with van der Waals surface area (Å²) in [6.45, 7) is 2.96. The second kappa shape index (κ2) is 6.57. The first-order valence-electron chi connectivity index (χ1n) is 6.04. The molecule has 0 bridgehead atoms. The summed E-state index contributed by atoms with van der Waals surface area (Å²) in [6, 6.07) is 7.90. The molecule has 19 heavy (non-hydrogen) atoms. The van der Waals surface area contributed by atoms with Gasteiger partial charge in [-0.15, -0.1) is 6.42 Å². The molecule has 2 N–H and O–H groups in total. The largest absolute Gasteiger partial charge is 0.481 e. The Morgan fingerprint density at radius 2 is 2.32 bits per heavy atom. The third-order valence-corrected chi connectivity index (χ3v) is 2.73. The van der Waals surface area contributed by atoms with Crippen LogP contribution in [0.4, 0.5) is 0 Å². The van der Waals surface area contributed by atoms with Gasteiger partial charge in [0, 0.05) is 12.1 Å². The SMILES string of the molecule is C#CCOc1ccccc1CNC(C)c1ncn[nH]1. The average Bonchev–Trinajstić information content (AvgIpc) is 2.97. The number of nitrogens with one attached hydrogen (secondary N) is 2. The molecule has 0 fully saturated rings. The molecule has 1 unspecified atom stereocenters. The van der Waals surface area contributed by atoms with Gasteiger partial charge in [-0.2, -0.15) is 5.10 Å². The highest BCUT2D eigenvalue weighted by molar-refractivity contribution is 5.33. The lowest BCUT2D eigenvalue weighted by Crippen LogP contribution is -2.19. The molecule has 1 aromatic heterocycles. The minimum absolute atomic E-state index is 0.0863. The summed E-state index contributed by atoms with van der Waals surface area (Å²) < 4.78 is 5.50. The lowest BCUT2D eigenvalue weighted by Gasteiger charge is -2.13. The van der Waals surface area contributed by atoms with Crippen molar-refractivity contribution in [1.29, 1.82) is 0 Å². The van der Waals surface area contributed by atoms with Crippen molar-refractivity contribution >= 4 is 0 Å². The highest BCUT2D eigenvalue weighted by atomic mass is 16.5. The van der Waals surface area contributed by atoms with Gasteiger partial charge < -0.3 is 10.1 Å². The number of para-hydroxylation sites is 1. The maximum atomic E-state index is 5.50. The van der Waals surface area contributed by atoms with Crippen LogP contribution in [-0.2, 0) is 6.54 Å². The van der Waals surface area contributed by atoms with Crippen LogP contribution in [0.15, 0.2) is 30.6 Å². The lowest BCUT2D eigenvalue weighted by molar-refractivity contribution is 0.363. The molecule has 0 amide bonds. The molecule has 1 heterocycles. The Hall–Kier alpha value is -2.32. The van der Waals surface area contributed by atoms with Crippen molar-refractivity contribution in [3.05, 3.63) is 42.0 Å². The maximum Gasteiger partial charge on any atom is 0.148 e. The van der Waals surface area contributed by atoms with Gasteiger partial charge in [0.05, 0.1) is 6.04 Å². The Balaban J connectivity index is 1.97. The minimum atomic E-state index is 0.0863. The average molecular weight is 256 g/mol. The fourth-order valence-electron chi connectivity index (χ4n) is 1.69. The molecule has 5 nitrogen and oxygen atoms in total. The summed E-state index contributed by atoms with van der Waals surface area (Å²) in [5.74, 6) is 4.08. The van der Waals surface area contributed by atoms with Gasteiger partial charge in [-0.05, 0) is 13.0 Å². The Bertz CT molecular complexity index is 545. The predicted octanol–water partition coefficient (Wildman–Crippen LogP) is 1.67. The molecule has 0 radical (unpaired) electrons. The monoisotopic (exact) mass is 256 g/mol. The summed E-state index contributed by atoms with van der Waals surface area (Å²) in [6.07, 6.45) is 6.70. The van der Waals surface area contributed by atoms with E-state index in [0.29, 0.717) is 6.54 Å². The summed E-state index contributed by atoms with van der Waals surface area (Å²) in [4.78, 5) is 4.11. The molecule has 2 aromatic rings. The number of aromatic nitrogens is 3. The molecule has 1 aromatic carbocycles. The quantitative estimate of drug-likeness (QED) is 0.772. The molecular weight excluding hydrogens is 240 g/mol. The maximum absolute atomic E-state index is 5.50. The van der Waals surface area contributed by atoms with Crippen LogP contribution in [0, 0.1) is 12.3 Å².